The van der Waals surface area contributed by atoms with Crippen molar-refractivity contribution in [1.82, 2.24) is 0 Å². The van der Waals surface area contributed by atoms with E-state index >= 15 is 0 Å². The van der Waals surface area contributed by atoms with Crippen LogP contribution in [0.2, 0.25) is 0 Å². The lowest BCUT2D eigenvalue weighted by atomic mass is 9.65. The van der Waals surface area contributed by atoms with Gasteiger partial charge in [-0.2, -0.15) is 0 Å². The molecule has 13 heavy (non-hydrogen) atoms. The van der Waals surface area contributed by atoms with E-state index in [4.69, 9.17) is 0 Å². The molecule has 1 heterocycles. The van der Waals surface area contributed by atoms with Crippen molar-refractivity contribution in [3.63, 3.8) is 0 Å². The van der Waals surface area contributed by atoms with Gasteiger partial charge >= 0.3 is 0 Å². The van der Waals surface area contributed by atoms with Crippen LogP contribution in [-0.2, 0) is 5.41 Å². The summed E-state index contributed by atoms with van der Waals surface area (Å²) in [4.78, 5) is 4.51. The second-order valence-corrected chi connectivity index (χ2v) is 4.24. The molecule has 0 saturated heterocycles. The third-order valence-electron chi connectivity index (χ3n) is 3.45. The Morgan fingerprint density at radius 3 is 2.85 bits per heavy atom. The molecule has 0 atom stereocenters. The number of aryl methyl sites for hydroxylation is 1. The summed E-state index contributed by atoms with van der Waals surface area (Å²) < 4.78 is 0. The Balaban J connectivity index is 2.23. The van der Waals surface area contributed by atoms with Crippen molar-refractivity contribution < 1.29 is 0 Å². The smallest absolute Gasteiger partial charge is 0.0670 e. The maximum Gasteiger partial charge on any atom is 0.0670 e. The van der Waals surface area contributed by atoms with Crippen LogP contribution in [0.25, 0.3) is 0 Å². The Bertz CT molecular complexity index is 386. The highest BCUT2D eigenvalue weighted by molar-refractivity contribution is 5.87. The first-order chi connectivity index (χ1) is 6.32. The fourth-order valence-corrected chi connectivity index (χ4v) is 2.60. The monoisotopic (exact) mass is 171 g/mol. The first kappa shape index (κ1) is 7.31. The Morgan fingerprint density at radius 2 is 2.15 bits per heavy atom. The Labute approximate surface area is 78.5 Å². The fraction of sp³-hybridized carbons (Fsp3) is 0.417. The Hall–Kier alpha value is -1.11. The summed E-state index contributed by atoms with van der Waals surface area (Å²) in [7, 11) is 0. The minimum Gasteiger partial charge on any atom is -0.260 e. The number of nitrogens with zero attached hydrogens (tertiary/aromatic N) is 1. The molecule has 0 unspecified atom stereocenters. The number of benzene rings is 1. The van der Waals surface area contributed by atoms with Gasteiger partial charge in [0.25, 0.3) is 0 Å². The molecular weight excluding hydrogens is 158 g/mol. The Kier molecular flexibility index (Phi) is 1.25. The zero-order valence-corrected chi connectivity index (χ0v) is 7.88. The molecule has 0 amide bonds. The lowest BCUT2D eigenvalue weighted by Gasteiger charge is -2.37. The fourth-order valence-electron chi connectivity index (χ4n) is 2.60. The minimum atomic E-state index is 0.348. The molecule has 1 aromatic carbocycles. The quantitative estimate of drug-likeness (QED) is 0.568. The summed E-state index contributed by atoms with van der Waals surface area (Å²) in [6.07, 6.45) is 6.14. The molecule has 0 N–H and O–H groups in total. The molecule has 1 aliphatic heterocycles. The van der Waals surface area contributed by atoms with Crippen LogP contribution in [0.15, 0.2) is 23.2 Å². The molecule has 1 nitrogen and oxygen atoms in total. The molecule has 3 rings (SSSR count). The first-order valence-corrected chi connectivity index (χ1v) is 4.97. The van der Waals surface area contributed by atoms with Gasteiger partial charge in [-0.25, -0.2) is 0 Å². The third kappa shape index (κ3) is 0.796. The predicted molar refractivity (Wildman–Crippen MR) is 54.9 cm³/mol. The van der Waals surface area contributed by atoms with E-state index in [2.05, 4.69) is 36.3 Å². The summed E-state index contributed by atoms with van der Waals surface area (Å²) in [5.41, 5.74) is 4.47. The van der Waals surface area contributed by atoms with Gasteiger partial charge in [-0.1, -0.05) is 18.6 Å². The van der Waals surface area contributed by atoms with Crippen molar-refractivity contribution in [2.24, 2.45) is 4.99 Å². The van der Waals surface area contributed by atoms with Crippen LogP contribution >= 0.6 is 0 Å². The van der Waals surface area contributed by atoms with Crippen LogP contribution in [0.1, 0.15) is 30.4 Å². The zero-order chi connectivity index (χ0) is 8.89. The average Bonchev–Trinajstić information content (AvgIpc) is 2.44. The van der Waals surface area contributed by atoms with Gasteiger partial charge in [-0.3, -0.25) is 4.99 Å². The highest BCUT2D eigenvalue weighted by atomic mass is 14.8. The number of rotatable bonds is 0. The number of hydrogen-bond acceptors (Lipinski definition) is 1. The molecule has 2 aliphatic rings. The van der Waals surface area contributed by atoms with E-state index in [0.717, 1.165) is 0 Å². The van der Waals surface area contributed by atoms with Crippen molar-refractivity contribution in [3.8, 4) is 0 Å². The minimum absolute atomic E-state index is 0.348. The van der Waals surface area contributed by atoms with E-state index < -0.39 is 0 Å². The molecule has 1 heteroatoms. The normalized spacial score (nSPS) is 21.6. The summed E-state index contributed by atoms with van der Waals surface area (Å²) in [6, 6.07) is 6.43. The number of hydrogen-bond donors (Lipinski definition) is 0. The summed E-state index contributed by atoms with van der Waals surface area (Å²) >= 11 is 0. The maximum atomic E-state index is 4.51. The zero-order valence-electron chi connectivity index (χ0n) is 7.88. The first-order valence-electron chi connectivity index (χ1n) is 4.97. The highest BCUT2D eigenvalue weighted by Crippen LogP contribution is 2.50. The number of aliphatic imine (C=N–C) groups is 1. The van der Waals surface area contributed by atoms with E-state index in [9.17, 15) is 0 Å². The molecule has 1 fully saturated rings. The van der Waals surface area contributed by atoms with Crippen LogP contribution in [0.4, 0.5) is 5.69 Å². The molecule has 1 aliphatic carbocycles. The van der Waals surface area contributed by atoms with Crippen molar-refractivity contribution in [3.05, 3.63) is 29.3 Å². The van der Waals surface area contributed by atoms with Crippen molar-refractivity contribution in [2.75, 3.05) is 0 Å². The predicted octanol–water partition coefficient (Wildman–Crippen LogP) is 3.13. The molecular formula is C12H13N. The summed E-state index contributed by atoms with van der Waals surface area (Å²) in [5.74, 6) is 0. The molecule has 1 aromatic rings. The molecule has 0 radical (unpaired) electrons. The van der Waals surface area contributed by atoms with Crippen LogP contribution in [0, 0.1) is 6.92 Å². The summed E-state index contributed by atoms with van der Waals surface area (Å²) in [5, 5.41) is 0. The lowest BCUT2D eigenvalue weighted by Crippen LogP contribution is -2.34. The van der Waals surface area contributed by atoms with Crippen LogP contribution in [-0.4, -0.2) is 6.21 Å². The van der Waals surface area contributed by atoms with Gasteiger partial charge in [0, 0.05) is 11.6 Å². The SMILES string of the molecule is Cc1cccc2c1C1(C=N2)CCC1. The van der Waals surface area contributed by atoms with Crippen molar-refractivity contribution in [1.29, 1.82) is 0 Å². The van der Waals surface area contributed by atoms with Gasteiger partial charge in [0.2, 0.25) is 0 Å². The van der Waals surface area contributed by atoms with Gasteiger partial charge in [-0.15, -0.1) is 0 Å². The van der Waals surface area contributed by atoms with E-state index in [1.165, 1.54) is 36.1 Å². The molecule has 1 spiro atoms. The maximum absolute atomic E-state index is 4.51. The van der Waals surface area contributed by atoms with Crippen molar-refractivity contribution >= 4 is 11.9 Å². The number of fused-ring (bicyclic) bond motifs is 2. The topological polar surface area (TPSA) is 12.4 Å². The molecule has 66 valence electrons. The molecule has 1 saturated carbocycles. The third-order valence-corrected chi connectivity index (χ3v) is 3.45. The lowest BCUT2D eigenvalue weighted by molar-refractivity contribution is 0.352. The van der Waals surface area contributed by atoms with Gasteiger partial charge in [0.1, 0.15) is 0 Å². The van der Waals surface area contributed by atoms with Crippen LogP contribution in [0.5, 0.6) is 0 Å². The van der Waals surface area contributed by atoms with E-state index in [-0.39, 0.29) is 0 Å². The molecule has 0 bridgehead atoms. The largest absolute Gasteiger partial charge is 0.260 e. The molecule has 0 aromatic heterocycles. The van der Waals surface area contributed by atoms with Gasteiger partial charge in [0.15, 0.2) is 0 Å². The second kappa shape index (κ2) is 2.22. The van der Waals surface area contributed by atoms with Crippen molar-refractivity contribution in [2.45, 2.75) is 31.6 Å². The standard InChI is InChI=1S/C12H13N/c1-9-4-2-5-10-11(9)12(8-13-10)6-3-7-12/h2,4-5,8H,3,6-7H2,1H3. The van der Waals surface area contributed by atoms with E-state index in [0.29, 0.717) is 5.41 Å². The van der Waals surface area contributed by atoms with Crippen LogP contribution in [0.3, 0.4) is 0 Å². The van der Waals surface area contributed by atoms with Gasteiger partial charge in [-0.05, 0) is 37.0 Å². The Morgan fingerprint density at radius 1 is 1.31 bits per heavy atom. The van der Waals surface area contributed by atoms with Gasteiger partial charge in [0.05, 0.1) is 5.69 Å². The van der Waals surface area contributed by atoms with Gasteiger partial charge < -0.3 is 0 Å². The van der Waals surface area contributed by atoms with E-state index in [1.54, 1.807) is 0 Å². The van der Waals surface area contributed by atoms with E-state index in [1.807, 2.05) is 0 Å². The summed E-state index contributed by atoms with van der Waals surface area (Å²) in [6.45, 7) is 2.20. The highest BCUT2D eigenvalue weighted by Gasteiger charge is 2.42. The second-order valence-electron chi connectivity index (χ2n) is 4.24. The van der Waals surface area contributed by atoms with Crippen LogP contribution < -0.4 is 0 Å². The average molecular weight is 171 g/mol.